The van der Waals surface area contributed by atoms with Crippen molar-refractivity contribution in [2.75, 3.05) is 7.05 Å². The molecule has 0 spiro atoms. The van der Waals surface area contributed by atoms with Crippen molar-refractivity contribution in [1.29, 1.82) is 0 Å². The fourth-order valence-electron chi connectivity index (χ4n) is 2.52. The van der Waals surface area contributed by atoms with E-state index in [0.29, 0.717) is 16.0 Å². The van der Waals surface area contributed by atoms with Gasteiger partial charge in [-0.05, 0) is 54.3 Å². The van der Waals surface area contributed by atoms with Gasteiger partial charge in [0.05, 0.1) is 6.04 Å². The lowest BCUT2D eigenvalue weighted by atomic mass is 9.94. The van der Waals surface area contributed by atoms with Crippen molar-refractivity contribution in [3.8, 4) is 0 Å². The normalized spacial score (nSPS) is 14.0. The second-order valence-electron chi connectivity index (χ2n) is 5.40. The highest BCUT2D eigenvalue weighted by molar-refractivity contribution is 6.34. The molecule has 0 radical (unpaired) electrons. The lowest BCUT2D eigenvalue weighted by molar-refractivity contribution is 0.688. The molecule has 0 aliphatic carbocycles. The first-order valence-electron chi connectivity index (χ1n) is 7.28. The van der Waals surface area contributed by atoms with Crippen molar-refractivity contribution in [2.45, 2.75) is 32.2 Å². The molecule has 0 saturated carbocycles. The van der Waals surface area contributed by atoms with Crippen molar-refractivity contribution < 1.29 is 0 Å². The van der Waals surface area contributed by atoms with E-state index in [0.717, 1.165) is 12.0 Å². The van der Waals surface area contributed by atoms with Crippen molar-refractivity contribution >= 4 is 23.2 Å². The standard InChI is InChI=1S/C18H21Cl2N/c1-4-12(2)13-5-7-14(8-6-13)18(21-3)15-9-16(19)11-17(20)10-15/h5-12,18,21H,4H2,1-3H3. The second kappa shape index (κ2) is 7.31. The first-order valence-corrected chi connectivity index (χ1v) is 8.03. The van der Waals surface area contributed by atoms with E-state index in [1.165, 1.54) is 11.1 Å². The predicted molar refractivity (Wildman–Crippen MR) is 92.5 cm³/mol. The van der Waals surface area contributed by atoms with Crippen LogP contribution >= 0.6 is 23.2 Å². The summed E-state index contributed by atoms with van der Waals surface area (Å²) in [5, 5.41) is 4.66. The molecule has 3 heteroatoms. The number of halogens is 2. The van der Waals surface area contributed by atoms with Gasteiger partial charge in [0.2, 0.25) is 0 Å². The van der Waals surface area contributed by atoms with E-state index in [9.17, 15) is 0 Å². The van der Waals surface area contributed by atoms with Crippen LogP contribution < -0.4 is 5.32 Å². The number of hydrogen-bond acceptors (Lipinski definition) is 1. The maximum absolute atomic E-state index is 6.11. The average molecular weight is 322 g/mol. The Hall–Kier alpha value is -1.02. The Morgan fingerprint density at radius 3 is 1.90 bits per heavy atom. The Kier molecular flexibility index (Phi) is 5.69. The van der Waals surface area contributed by atoms with Gasteiger partial charge in [-0.25, -0.2) is 0 Å². The highest BCUT2D eigenvalue weighted by atomic mass is 35.5. The largest absolute Gasteiger partial charge is 0.309 e. The highest BCUT2D eigenvalue weighted by Gasteiger charge is 2.14. The molecule has 0 heterocycles. The van der Waals surface area contributed by atoms with E-state index < -0.39 is 0 Å². The maximum Gasteiger partial charge on any atom is 0.0575 e. The maximum atomic E-state index is 6.11. The summed E-state index contributed by atoms with van der Waals surface area (Å²) in [6.07, 6.45) is 1.15. The molecule has 0 fully saturated rings. The summed E-state index contributed by atoms with van der Waals surface area (Å²) in [6, 6.07) is 14.5. The molecule has 2 unspecified atom stereocenters. The quantitative estimate of drug-likeness (QED) is 0.732. The van der Waals surface area contributed by atoms with Gasteiger partial charge in [-0.1, -0.05) is 61.3 Å². The molecule has 2 aromatic carbocycles. The van der Waals surface area contributed by atoms with Crippen molar-refractivity contribution in [3.05, 3.63) is 69.2 Å². The molecule has 0 bridgehead atoms. The molecule has 0 saturated heterocycles. The van der Waals surface area contributed by atoms with Crippen LogP contribution in [0, 0.1) is 0 Å². The fourth-order valence-corrected chi connectivity index (χ4v) is 3.06. The fraction of sp³-hybridized carbons (Fsp3) is 0.333. The van der Waals surface area contributed by atoms with Crippen LogP contribution in [0.3, 0.4) is 0 Å². The van der Waals surface area contributed by atoms with E-state index in [2.05, 4.69) is 43.4 Å². The zero-order valence-corrected chi connectivity index (χ0v) is 14.2. The first kappa shape index (κ1) is 16.4. The number of rotatable bonds is 5. The minimum atomic E-state index is 0.0900. The zero-order chi connectivity index (χ0) is 15.4. The van der Waals surface area contributed by atoms with Gasteiger partial charge in [0.15, 0.2) is 0 Å². The Morgan fingerprint density at radius 1 is 0.905 bits per heavy atom. The molecule has 0 amide bonds. The lowest BCUT2D eigenvalue weighted by Gasteiger charge is -2.19. The molecule has 0 aromatic heterocycles. The summed E-state index contributed by atoms with van der Waals surface area (Å²) >= 11 is 12.2. The van der Waals surface area contributed by atoms with Crippen LogP contribution in [-0.2, 0) is 0 Å². The number of nitrogens with one attached hydrogen (secondary N) is 1. The summed E-state index contributed by atoms with van der Waals surface area (Å²) in [6.45, 7) is 4.46. The molecule has 2 atom stereocenters. The third-order valence-corrected chi connectivity index (χ3v) is 4.39. The average Bonchev–Trinajstić information content (AvgIpc) is 2.47. The Morgan fingerprint density at radius 2 is 1.43 bits per heavy atom. The van der Waals surface area contributed by atoms with Crippen LogP contribution in [-0.4, -0.2) is 7.05 Å². The summed E-state index contributed by atoms with van der Waals surface area (Å²) in [7, 11) is 1.95. The number of benzene rings is 2. The van der Waals surface area contributed by atoms with Crippen molar-refractivity contribution in [3.63, 3.8) is 0 Å². The summed E-state index contributed by atoms with van der Waals surface area (Å²) in [4.78, 5) is 0. The molecular formula is C18H21Cl2N. The van der Waals surface area contributed by atoms with Gasteiger partial charge in [0, 0.05) is 10.0 Å². The molecule has 2 aromatic rings. The minimum Gasteiger partial charge on any atom is -0.309 e. The van der Waals surface area contributed by atoms with Crippen LogP contribution in [0.25, 0.3) is 0 Å². The smallest absolute Gasteiger partial charge is 0.0575 e. The van der Waals surface area contributed by atoms with Crippen LogP contribution in [0.4, 0.5) is 0 Å². The predicted octanol–water partition coefficient (Wildman–Crippen LogP) is 5.82. The molecular weight excluding hydrogens is 301 g/mol. The Balaban J connectivity index is 2.32. The van der Waals surface area contributed by atoms with Gasteiger partial charge in [-0.2, -0.15) is 0 Å². The van der Waals surface area contributed by atoms with Crippen LogP contribution in [0.5, 0.6) is 0 Å². The SMILES string of the molecule is CCC(C)c1ccc(C(NC)c2cc(Cl)cc(Cl)c2)cc1. The Bertz CT molecular complexity index is 572. The molecule has 21 heavy (non-hydrogen) atoms. The number of hydrogen-bond donors (Lipinski definition) is 1. The van der Waals surface area contributed by atoms with E-state index in [1.807, 2.05) is 19.2 Å². The van der Waals surface area contributed by atoms with Gasteiger partial charge >= 0.3 is 0 Å². The zero-order valence-electron chi connectivity index (χ0n) is 12.7. The van der Waals surface area contributed by atoms with Gasteiger partial charge in [-0.15, -0.1) is 0 Å². The summed E-state index contributed by atoms with van der Waals surface area (Å²) in [5.41, 5.74) is 3.66. The Labute approximate surface area is 137 Å². The second-order valence-corrected chi connectivity index (χ2v) is 6.27. The van der Waals surface area contributed by atoms with E-state index in [1.54, 1.807) is 6.07 Å². The van der Waals surface area contributed by atoms with Gasteiger partial charge in [0.1, 0.15) is 0 Å². The molecule has 1 N–H and O–H groups in total. The monoisotopic (exact) mass is 321 g/mol. The van der Waals surface area contributed by atoms with Crippen LogP contribution in [0.1, 0.15) is 48.9 Å². The van der Waals surface area contributed by atoms with E-state index >= 15 is 0 Å². The van der Waals surface area contributed by atoms with Gasteiger partial charge < -0.3 is 5.32 Å². The van der Waals surface area contributed by atoms with Crippen LogP contribution in [0.15, 0.2) is 42.5 Å². The van der Waals surface area contributed by atoms with Gasteiger partial charge in [-0.3, -0.25) is 0 Å². The summed E-state index contributed by atoms with van der Waals surface area (Å²) in [5.74, 6) is 0.590. The molecule has 1 nitrogen and oxygen atoms in total. The highest BCUT2D eigenvalue weighted by Crippen LogP contribution is 2.29. The van der Waals surface area contributed by atoms with Crippen molar-refractivity contribution in [1.82, 2.24) is 5.32 Å². The van der Waals surface area contributed by atoms with Crippen LogP contribution in [0.2, 0.25) is 10.0 Å². The molecule has 112 valence electrons. The van der Waals surface area contributed by atoms with E-state index in [-0.39, 0.29) is 6.04 Å². The van der Waals surface area contributed by atoms with E-state index in [4.69, 9.17) is 23.2 Å². The van der Waals surface area contributed by atoms with Crippen molar-refractivity contribution in [2.24, 2.45) is 0 Å². The lowest BCUT2D eigenvalue weighted by Crippen LogP contribution is -2.17. The topological polar surface area (TPSA) is 12.0 Å². The molecule has 0 aliphatic rings. The molecule has 2 rings (SSSR count). The molecule has 0 aliphatic heterocycles. The summed E-state index contributed by atoms with van der Waals surface area (Å²) < 4.78 is 0. The minimum absolute atomic E-state index is 0.0900. The third kappa shape index (κ3) is 4.00. The first-order chi connectivity index (χ1) is 10.0. The van der Waals surface area contributed by atoms with Gasteiger partial charge in [0.25, 0.3) is 0 Å². The third-order valence-electron chi connectivity index (χ3n) is 3.96.